The molecule has 1 heterocycles. The van der Waals surface area contributed by atoms with Crippen molar-refractivity contribution in [1.82, 2.24) is 10.2 Å². The van der Waals surface area contributed by atoms with Crippen molar-refractivity contribution < 1.29 is 9.53 Å². The molecule has 0 aromatic carbocycles. The molecule has 1 saturated heterocycles. The number of nitrogens with one attached hydrogen (secondary N) is 1. The number of hydrogen-bond acceptors (Lipinski definition) is 4. The average molecular weight is 215 g/mol. The first-order valence-corrected chi connectivity index (χ1v) is 5.48. The zero-order valence-corrected chi connectivity index (χ0v) is 9.37. The van der Waals surface area contributed by atoms with Crippen LogP contribution in [-0.2, 0) is 9.53 Å². The molecule has 1 rings (SSSR count). The van der Waals surface area contributed by atoms with E-state index in [4.69, 9.17) is 10.5 Å². The van der Waals surface area contributed by atoms with Gasteiger partial charge in [-0.05, 0) is 19.9 Å². The number of carbonyl (C=O) groups excluding carboxylic acids is 1. The molecule has 0 unspecified atom stereocenters. The molecule has 88 valence electrons. The van der Waals surface area contributed by atoms with E-state index in [0.29, 0.717) is 13.1 Å². The molecule has 5 nitrogen and oxygen atoms in total. The largest absolute Gasteiger partial charge is 0.381 e. The van der Waals surface area contributed by atoms with E-state index in [-0.39, 0.29) is 11.9 Å². The maximum absolute atomic E-state index is 11.6. The number of rotatable bonds is 5. The minimum Gasteiger partial charge on any atom is -0.381 e. The SMILES string of the molecule is CN(CCN)CC(=O)NC1CCOCC1. The minimum atomic E-state index is 0.0813. The first-order chi connectivity index (χ1) is 7.22. The van der Waals surface area contributed by atoms with Crippen molar-refractivity contribution in [2.75, 3.05) is 39.9 Å². The fourth-order valence-electron chi connectivity index (χ4n) is 1.66. The van der Waals surface area contributed by atoms with Crippen molar-refractivity contribution in [2.24, 2.45) is 5.73 Å². The third kappa shape index (κ3) is 5.11. The highest BCUT2D eigenvalue weighted by molar-refractivity contribution is 5.78. The van der Waals surface area contributed by atoms with E-state index in [1.165, 1.54) is 0 Å². The van der Waals surface area contributed by atoms with Gasteiger partial charge in [0.2, 0.25) is 5.91 Å². The number of amides is 1. The summed E-state index contributed by atoms with van der Waals surface area (Å²) in [7, 11) is 1.90. The van der Waals surface area contributed by atoms with E-state index in [0.717, 1.165) is 32.6 Å². The van der Waals surface area contributed by atoms with Crippen LogP contribution in [0.25, 0.3) is 0 Å². The van der Waals surface area contributed by atoms with Crippen LogP contribution in [-0.4, -0.2) is 56.7 Å². The Morgan fingerprint density at radius 3 is 2.80 bits per heavy atom. The van der Waals surface area contributed by atoms with Gasteiger partial charge in [-0.2, -0.15) is 0 Å². The lowest BCUT2D eigenvalue weighted by Crippen LogP contribution is -2.44. The summed E-state index contributed by atoms with van der Waals surface area (Å²) in [4.78, 5) is 13.5. The van der Waals surface area contributed by atoms with E-state index in [1.54, 1.807) is 0 Å². The van der Waals surface area contributed by atoms with E-state index in [9.17, 15) is 4.79 Å². The maximum Gasteiger partial charge on any atom is 0.234 e. The molecule has 0 saturated carbocycles. The van der Waals surface area contributed by atoms with E-state index in [2.05, 4.69) is 5.32 Å². The summed E-state index contributed by atoms with van der Waals surface area (Å²) in [5, 5.41) is 3.01. The monoisotopic (exact) mass is 215 g/mol. The predicted octanol–water partition coefficient (Wildman–Crippen LogP) is -0.828. The van der Waals surface area contributed by atoms with Crippen molar-refractivity contribution in [3.05, 3.63) is 0 Å². The van der Waals surface area contributed by atoms with Crippen LogP contribution < -0.4 is 11.1 Å². The van der Waals surface area contributed by atoms with Gasteiger partial charge in [0.05, 0.1) is 6.54 Å². The van der Waals surface area contributed by atoms with Gasteiger partial charge in [0.25, 0.3) is 0 Å². The van der Waals surface area contributed by atoms with Crippen molar-refractivity contribution in [2.45, 2.75) is 18.9 Å². The second-order valence-corrected chi connectivity index (χ2v) is 3.98. The van der Waals surface area contributed by atoms with Crippen molar-refractivity contribution >= 4 is 5.91 Å². The molecular weight excluding hydrogens is 194 g/mol. The summed E-state index contributed by atoms with van der Waals surface area (Å²) in [6, 6.07) is 0.289. The second kappa shape index (κ2) is 6.76. The van der Waals surface area contributed by atoms with E-state index in [1.807, 2.05) is 11.9 Å². The quantitative estimate of drug-likeness (QED) is 0.628. The molecule has 1 aliphatic heterocycles. The number of ether oxygens (including phenoxy) is 1. The Morgan fingerprint density at radius 1 is 1.53 bits per heavy atom. The van der Waals surface area contributed by atoms with Crippen LogP contribution >= 0.6 is 0 Å². The topological polar surface area (TPSA) is 67.6 Å². The summed E-state index contributed by atoms with van der Waals surface area (Å²) < 4.78 is 5.22. The Bertz CT molecular complexity index is 193. The zero-order valence-electron chi connectivity index (χ0n) is 9.37. The number of carbonyl (C=O) groups is 1. The van der Waals surface area contributed by atoms with Crippen molar-refractivity contribution in [3.8, 4) is 0 Å². The Morgan fingerprint density at radius 2 is 2.20 bits per heavy atom. The van der Waals surface area contributed by atoms with Crippen LogP contribution in [0.2, 0.25) is 0 Å². The van der Waals surface area contributed by atoms with Gasteiger partial charge in [-0.15, -0.1) is 0 Å². The molecule has 1 amide bonds. The molecule has 15 heavy (non-hydrogen) atoms. The average Bonchev–Trinajstić information content (AvgIpc) is 2.19. The van der Waals surface area contributed by atoms with Crippen LogP contribution in [0.3, 0.4) is 0 Å². The van der Waals surface area contributed by atoms with Gasteiger partial charge in [-0.3, -0.25) is 9.69 Å². The van der Waals surface area contributed by atoms with Crippen LogP contribution in [0, 0.1) is 0 Å². The number of nitrogens with zero attached hydrogens (tertiary/aromatic N) is 1. The van der Waals surface area contributed by atoms with Gasteiger partial charge >= 0.3 is 0 Å². The Hall–Kier alpha value is -0.650. The molecule has 0 bridgehead atoms. The maximum atomic E-state index is 11.6. The number of likely N-dealkylation sites (N-methyl/N-ethyl adjacent to an activating group) is 1. The first-order valence-electron chi connectivity index (χ1n) is 5.48. The van der Waals surface area contributed by atoms with E-state index < -0.39 is 0 Å². The molecule has 3 N–H and O–H groups in total. The minimum absolute atomic E-state index is 0.0813. The molecule has 1 fully saturated rings. The van der Waals surface area contributed by atoms with Gasteiger partial charge in [0.1, 0.15) is 0 Å². The normalized spacial score (nSPS) is 18.1. The lowest BCUT2D eigenvalue weighted by Gasteiger charge is -2.24. The molecule has 0 aromatic heterocycles. The Balaban J connectivity index is 2.16. The molecule has 1 aliphatic rings. The Kier molecular flexibility index (Phi) is 5.60. The van der Waals surface area contributed by atoms with Crippen molar-refractivity contribution in [3.63, 3.8) is 0 Å². The molecule has 0 spiro atoms. The second-order valence-electron chi connectivity index (χ2n) is 3.98. The lowest BCUT2D eigenvalue weighted by atomic mass is 10.1. The first kappa shape index (κ1) is 12.4. The fourth-order valence-corrected chi connectivity index (χ4v) is 1.66. The Labute approximate surface area is 90.9 Å². The van der Waals surface area contributed by atoms with Gasteiger partial charge in [-0.1, -0.05) is 0 Å². The summed E-state index contributed by atoms with van der Waals surface area (Å²) in [5.41, 5.74) is 5.40. The molecule has 5 heteroatoms. The predicted molar refractivity (Wildman–Crippen MR) is 58.5 cm³/mol. The highest BCUT2D eigenvalue weighted by Crippen LogP contribution is 2.05. The molecular formula is C10H21N3O2. The zero-order chi connectivity index (χ0) is 11.1. The van der Waals surface area contributed by atoms with Gasteiger partial charge in [0.15, 0.2) is 0 Å². The smallest absolute Gasteiger partial charge is 0.234 e. The van der Waals surface area contributed by atoms with Gasteiger partial charge < -0.3 is 15.8 Å². The third-order valence-electron chi connectivity index (χ3n) is 2.51. The third-order valence-corrected chi connectivity index (χ3v) is 2.51. The van der Waals surface area contributed by atoms with Crippen LogP contribution in [0.15, 0.2) is 0 Å². The highest BCUT2D eigenvalue weighted by Gasteiger charge is 2.16. The van der Waals surface area contributed by atoms with Gasteiger partial charge in [-0.25, -0.2) is 0 Å². The highest BCUT2D eigenvalue weighted by atomic mass is 16.5. The molecule has 0 atom stereocenters. The summed E-state index contributed by atoms with van der Waals surface area (Å²) in [5.74, 6) is 0.0813. The van der Waals surface area contributed by atoms with Crippen LogP contribution in [0.4, 0.5) is 0 Å². The summed E-state index contributed by atoms with van der Waals surface area (Å²) >= 11 is 0. The number of hydrogen-bond donors (Lipinski definition) is 2. The summed E-state index contributed by atoms with van der Waals surface area (Å²) in [6.45, 7) is 3.27. The van der Waals surface area contributed by atoms with E-state index >= 15 is 0 Å². The fraction of sp³-hybridized carbons (Fsp3) is 0.900. The van der Waals surface area contributed by atoms with Crippen molar-refractivity contribution in [1.29, 1.82) is 0 Å². The van der Waals surface area contributed by atoms with Crippen LogP contribution in [0.5, 0.6) is 0 Å². The lowest BCUT2D eigenvalue weighted by molar-refractivity contribution is -0.123. The van der Waals surface area contributed by atoms with Crippen LogP contribution in [0.1, 0.15) is 12.8 Å². The summed E-state index contributed by atoms with van der Waals surface area (Å²) in [6.07, 6.45) is 1.85. The standard InChI is InChI=1S/C10H21N3O2/c1-13(5-4-11)8-10(14)12-9-2-6-15-7-3-9/h9H,2-8,11H2,1H3,(H,12,14). The van der Waals surface area contributed by atoms with Gasteiger partial charge in [0, 0.05) is 32.3 Å². The molecule has 0 aromatic rings. The number of nitrogens with two attached hydrogens (primary N) is 1. The molecule has 0 radical (unpaired) electrons. The molecule has 0 aliphatic carbocycles.